The van der Waals surface area contributed by atoms with Crippen molar-refractivity contribution in [1.29, 1.82) is 0 Å². The summed E-state index contributed by atoms with van der Waals surface area (Å²) >= 11 is 2.06. The molecular formula is C14H21N3S. The molecule has 1 saturated heterocycles. The van der Waals surface area contributed by atoms with Gasteiger partial charge in [0.2, 0.25) is 0 Å². The lowest BCUT2D eigenvalue weighted by Crippen LogP contribution is -2.37. The van der Waals surface area contributed by atoms with E-state index in [4.69, 9.17) is 0 Å². The Kier molecular flexibility index (Phi) is 3.75. The second-order valence-corrected chi connectivity index (χ2v) is 6.85. The minimum absolute atomic E-state index is 0.719. The summed E-state index contributed by atoms with van der Waals surface area (Å²) in [5, 5.41) is 4.24. The Balaban J connectivity index is 1.58. The van der Waals surface area contributed by atoms with Crippen LogP contribution in [0.15, 0.2) is 18.3 Å². The number of nitrogens with zero attached hydrogens (tertiary/aromatic N) is 2. The van der Waals surface area contributed by atoms with Crippen LogP contribution in [0.25, 0.3) is 0 Å². The number of thioether (sulfide) groups is 1. The van der Waals surface area contributed by atoms with Crippen LogP contribution in [-0.2, 0) is 6.54 Å². The minimum Gasteiger partial charge on any atom is -0.355 e. The largest absolute Gasteiger partial charge is 0.355 e. The molecule has 3 rings (SSSR count). The van der Waals surface area contributed by atoms with E-state index in [1.165, 1.54) is 24.2 Å². The summed E-state index contributed by atoms with van der Waals surface area (Å²) in [6, 6.07) is 5.15. The van der Waals surface area contributed by atoms with Gasteiger partial charge < -0.3 is 10.2 Å². The molecule has 0 radical (unpaired) electrons. The van der Waals surface area contributed by atoms with Crippen molar-refractivity contribution in [2.45, 2.75) is 37.6 Å². The second kappa shape index (κ2) is 5.49. The molecule has 2 aliphatic rings. The van der Waals surface area contributed by atoms with Crippen molar-refractivity contribution in [3.05, 3.63) is 23.9 Å². The minimum atomic E-state index is 0.719. The third-order valence-corrected chi connectivity index (χ3v) is 4.68. The van der Waals surface area contributed by atoms with Gasteiger partial charge >= 0.3 is 0 Å². The van der Waals surface area contributed by atoms with Gasteiger partial charge in [-0.2, -0.15) is 11.8 Å². The van der Waals surface area contributed by atoms with Crippen LogP contribution in [0.5, 0.6) is 0 Å². The molecule has 3 nitrogen and oxygen atoms in total. The molecule has 0 spiro atoms. The molecule has 1 saturated carbocycles. The van der Waals surface area contributed by atoms with Crippen LogP contribution in [0.2, 0.25) is 0 Å². The van der Waals surface area contributed by atoms with E-state index >= 15 is 0 Å². The first kappa shape index (κ1) is 12.3. The highest BCUT2D eigenvalue weighted by Gasteiger charge is 2.20. The van der Waals surface area contributed by atoms with Gasteiger partial charge in [-0.3, -0.25) is 0 Å². The summed E-state index contributed by atoms with van der Waals surface area (Å²) in [5.41, 5.74) is 1.30. The van der Waals surface area contributed by atoms with Crippen molar-refractivity contribution < 1.29 is 0 Å². The maximum atomic E-state index is 4.61. The standard InChI is InChI=1S/C14H21N3S/c1-11-10-17(6-7-18-11)14-5-2-12(9-16-14)8-15-13-3-4-13/h2,5,9,11,13,15H,3-4,6-8,10H2,1H3. The first-order valence-electron chi connectivity index (χ1n) is 6.86. The molecule has 1 unspecified atom stereocenters. The maximum absolute atomic E-state index is 4.61. The van der Waals surface area contributed by atoms with E-state index in [2.05, 4.69) is 46.0 Å². The molecule has 1 atom stereocenters. The van der Waals surface area contributed by atoms with E-state index < -0.39 is 0 Å². The van der Waals surface area contributed by atoms with Crippen LogP contribution in [0, 0.1) is 0 Å². The molecular weight excluding hydrogens is 242 g/mol. The number of hydrogen-bond donors (Lipinski definition) is 1. The lowest BCUT2D eigenvalue weighted by molar-refractivity contribution is 0.685. The zero-order valence-corrected chi connectivity index (χ0v) is 11.7. The van der Waals surface area contributed by atoms with Crippen molar-refractivity contribution in [3.63, 3.8) is 0 Å². The normalized spacial score (nSPS) is 24.3. The van der Waals surface area contributed by atoms with E-state index in [1.807, 2.05) is 6.20 Å². The second-order valence-electron chi connectivity index (χ2n) is 5.31. The Hall–Kier alpha value is -0.740. The first-order chi connectivity index (χ1) is 8.81. The zero-order chi connectivity index (χ0) is 12.4. The topological polar surface area (TPSA) is 28.2 Å². The van der Waals surface area contributed by atoms with Gasteiger partial charge in [0.25, 0.3) is 0 Å². The Labute approximate surface area is 113 Å². The van der Waals surface area contributed by atoms with Crippen LogP contribution < -0.4 is 10.2 Å². The Bertz CT molecular complexity index is 389. The van der Waals surface area contributed by atoms with Gasteiger partial charge in [0.1, 0.15) is 5.82 Å². The van der Waals surface area contributed by atoms with Gasteiger partial charge in [0, 0.05) is 42.9 Å². The van der Waals surface area contributed by atoms with E-state index in [0.717, 1.165) is 36.7 Å². The summed E-state index contributed by atoms with van der Waals surface area (Å²) < 4.78 is 0. The number of pyridine rings is 1. The quantitative estimate of drug-likeness (QED) is 0.902. The van der Waals surface area contributed by atoms with Crippen molar-refractivity contribution in [2.75, 3.05) is 23.7 Å². The Morgan fingerprint density at radius 2 is 2.33 bits per heavy atom. The van der Waals surface area contributed by atoms with Gasteiger partial charge in [0.05, 0.1) is 0 Å². The van der Waals surface area contributed by atoms with Crippen LogP contribution in [0.3, 0.4) is 0 Å². The third kappa shape index (κ3) is 3.18. The number of hydrogen-bond acceptors (Lipinski definition) is 4. The fourth-order valence-electron chi connectivity index (χ4n) is 2.28. The third-order valence-electron chi connectivity index (χ3n) is 3.55. The molecule has 1 aliphatic heterocycles. The van der Waals surface area contributed by atoms with E-state index in [1.54, 1.807) is 0 Å². The predicted octanol–water partition coefficient (Wildman–Crippen LogP) is 2.28. The maximum Gasteiger partial charge on any atom is 0.128 e. The molecule has 1 aliphatic carbocycles. The predicted molar refractivity (Wildman–Crippen MR) is 78.2 cm³/mol. The van der Waals surface area contributed by atoms with Gasteiger partial charge in [0.15, 0.2) is 0 Å². The summed E-state index contributed by atoms with van der Waals surface area (Å²) in [4.78, 5) is 7.01. The van der Waals surface area contributed by atoms with Crippen LogP contribution in [0.1, 0.15) is 25.3 Å². The highest BCUT2D eigenvalue weighted by molar-refractivity contribution is 8.00. The SMILES string of the molecule is CC1CN(c2ccc(CNC3CC3)cn2)CCS1. The monoisotopic (exact) mass is 263 g/mol. The highest BCUT2D eigenvalue weighted by Crippen LogP contribution is 2.23. The number of nitrogens with one attached hydrogen (secondary N) is 1. The molecule has 4 heteroatoms. The molecule has 0 bridgehead atoms. The molecule has 2 heterocycles. The van der Waals surface area contributed by atoms with Gasteiger partial charge in [-0.25, -0.2) is 4.98 Å². The molecule has 2 fully saturated rings. The molecule has 18 heavy (non-hydrogen) atoms. The smallest absolute Gasteiger partial charge is 0.128 e. The average molecular weight is 263 g/mol. The van der Waals surface area contributed by atoms with Crippen molar-refractivity contribution in [2.24, 2.45) is 0 Å². The fourth-order valence-corrected chi connectivity index (χ4v) is 3.30. The number of aromatic nitrogens is 1. The van der Waals surface area contributed by atoms with Crippen LogP contribution in [-0.4, -0.2) is 35.1 Å². The van der Waals surface area contributed by atoms with Crippen molar-refractivity contribution in [3.8, 4) is 0 Å². The molecule has 98 valence electrons. The first-order valence-corrected chi connectivity index (χ1v) is 7.91. The van der Waals surface area contributed by atoms with Crippen molar-refractivity contribution >= 4 is 17.6 Å². The average Bonchev–Trinajstić information content (AvgIpc) is 3.21. The summed E-state index contributed by atoms with van der Waals surface area (Å²) in [6.45, 7) is 5.51. The molecule has 0 amide bonds. The summed E-state index contributed by atoms with van der Waals surface area (Å²) in [6.07, 6.45) is 4.71. The lowest BCUT2D eigenvalue weighted by Gasteiger charge is -2.31. The molecule has 1 N–H and O–H groups in total. The van der Waals surface area contributed by atoms with Crippen LogP contribution >= 0.6 is 11.8 Å². The number of rotatable bonds is 4. The summed E-state index contributed by atoms with van der Waals surface area (Å²) in [5.74, 6) is 2.35. The molecule has 1 aromatic heterocycles. The highest BCUT2D eigenvalue weighted by atomic mass is 32.2. The van der Waals surface area contributed by atoms with E-state index in [0.29, 0.717) is 0 Å². The van der Waals surface area contributed by atoms with Gasteiger partial charge in [-0.05, 0) is 24.5 Å². The fraction of sp³-hybridized carbons (Fsp3) is 0.643. The molecule has 1 aromatic rings. The Morgan fingerprint density at radius 3 is 3.00 bits per heavy atom. The van der Waals surface area contributed by atoms with Crippen LogP contribution in [0.4, 0.5) is 5.82 Å². The molecule has 0 aromatic carbocycles. The lowest BCUT2D eigenvalue weighted by atomic mass is 10.2. The van der Waals surface area contributed by atoms with Gasteiger partial charge in [-0.15, -0.1) is 0 Å². The van der Waals surface area contributed by atoms with Crippen molar-refractivity contribution in [1.82, 2.24) is 10.3 Å². The van der Waals surface area contributed by atoms with E-state index in [9.17, 15) is 0 Å². The van der Waals surface area contributed by atoms with Gasteiger partial charge in [-0.1, -0.05) is 13.0 Å². The number of anilines is 1. The Morgan fingerprint density at radius 1 is 1.44 bits per heavy atom. The van der Waals surface area contributed by atoms with E-state index in [-0.39, 0.29) is 0 Å². The zero-order valence-electron chi connectivity index (χ0n) is 10.9. The summed E-state index contributed by atoms with van der Waals surface area (Å²) in [7, 11) is 0.